The second kappa shape index (κ2) is 9.54. The van der Waals surface area contributed by atoms with Gasteiger partial charge in [0.2, 0.25) is 0 Å². The van der Waals surface area contributed by atoms with Crippen molar-refractivity contribution in [3.63, 3.8) is 0 Å². The first-order chi connectivity index (χ1) is 13.4. The number of carboxylic acids is 1. The van der Waals surface area contributed by atoms with Crippen LogP contribution in [0.3, 0.4) is 0 Å². The highest BCUT2D eigenvalue weighted by molar-refractivity contribution is 9.10. The second-order valence-corrected chi connectivity index (χ2v) is 8.84. The lowest BCUT2D eigenvalue weighted by Gasteiger charge is -2.13. The van der Waals surface area contributed by atoms with Crippen molar-refractivity contribution in [2.24, 2.45) is 0 Å². The van der Waals surface area contributed by atoms with Gasteiger partial charge < -0.3 is 9.52 Å². The molecule has 0 spiro atoms. The lowest BCUT2D eigenvalue weighted by atomic mass is 10.2. The zero-order chi connectivity index (χ0) is 20.1. The number of carbonyl (C=O) groups excluding carboxylic acids is 1. The molecule has 0 aliphatic carbocycles. The molecule has 0 atom stereocenters. The topological polar surface area (TPSA) is 70.8 Å². The number of thiocarbonyl (C=S) groups is 1. The lowest BCUT2D eigenvalue weighted by molar-refractivity contribution is -0.137. The summed E-state index contributed by atoms with van der Waals surface area (Å²) in [6.45, 7) is 0.503. The maximum Gasteiger partial charge on any atom is 0.303 e. The molecule has 1 fully saturated rings. The molecule has 0 bridgehead atoms. The number of amides is 1. The second-order valence-electron chi connectivity index (χ2n) is 6.25. The van der Waals surface area contributed by atoms with Crippen LogP contribution < -0.4 is 0 Å². The number of hydrogen-bond acceptors (Lipinski definition) is 5. The number of hydrogen-bond donors (Lipinski definition) is 1. The minimum absolute atomic E-state index is 0.131. The monoisotopic (exact) mass is 479 g/mol. The largest absolute Gasteiger partial charge is 0.481 e. The van der Waals surface area contributed by atoms with Gasteiger partial charge in [-0.15, -0.1) is 0 Å². The van der Waals surface area contributed by atoms with Gasteiger partial charge in [-0.25, -0.2) is 0 Å². The number of carbonyl (C=O) groups is 2. The van der Waals surface area contributed by atoms with E-state index in [1.807, 2.05) is 36.4 Å². The van der Waals surface area contributed by atoms with Gasteiger partial charge in [0.05, 0.1) is 4.91 Å². The van der Waals surface area contributed by atoms with E-state index in [4.69, 9.17) is 21.7 Å². The Hall–Kier alpha value is -1.90. The van der Waals surface area contributed by atoms with Crippen LogP contribution in [-0.4, -0.2) is 32.7 Å². The molecule has 1 N–H and O–H groups in total. The first kappa shape index (κ1) is 20.8. The van der Waals surface area contributed by atoms with Crippen LogP contribution >= 0.6 is 39.9 Å². The van der Waals surface area contributed by atoms with Crippen molar-refractivity contribution in [2.75, 3.05) is 6.54 Å². The molecule has 1 amide bonds. The van der Waals surface area contributed by atoms with Crippen LogP contribution in [0.25, 0.3) is 17.4 Å². The van der Waals surface area contributed by atoms with Gasteiger partial charge in [0.1, 0.15) is 15.8 Å². The molecule has 1 aliphatic rings. The quantitative estimate of drug-likeness (QED) is 0.303. The third-order valence-electron chi connectivity index (χ3n) is 4.16. The molecule has 146 valence electrons. The predicted molar refractivity (Wildman–Crippen MR) is 118 cm³/mol. The third kappa shape index (κ3) is 5.33. The maximum atomic E-state index is 12.6. The van der Waals surface area contributed by atoms with Crippen LogP contribution in [0.2, 0.25) is 0 Å². The zero-order valence-corrected chi connectivity index (χ0v) is 18.1. The molecule has 0 radical (unpaired) electrons. The summed E-state index contributed by atoms with van der Waals surface area (Å²) >= 11 is 10.0. The lowest BCUT2D eigenvalue weighted by Crippen LogP contribution is -2.29. The van der Waals surface area contributed by atoms with E-state index in [-0.39, 0.29) is 12.3 Å². The van der Waals surface area contributed by atoms with E-state index in [0.717, 1.165) is 28.6 Å². The highest BCUT2D eigenvalue weighted by atomic mass is 79.9. The SMILES string of the molecule is O=C(O)CCCCCN1C(=O)/C(=C/c2ccc(-c3cccc(Br)c3)o2)SC1=S. The molecule has 3 rings (SSSR count). The van der Waals surface area contributed by atoms with Gasteiger partial charge in [0.15, 0.2) is 0 Å². The molecule has 8 heteroatoms. The fourth-order valence-electron chi connectivity index (χ4n) is 2.77. The van der Waals surface area contributed by atoms with Gasteiger partial charge in [-0.2, -0.15) is 0 Å². The molecule has 1 aromatic carbocycles. The first-order valence-electron chi connectivity index (χ1n) is 8.77. The van der Waals surface area contributed by atoms with Crippen LogP contribution in [0.1, 0.15) is 31.4 Å². The summed E-state index contributed by atoms with van der Waals surface area (Å²) in [5.41, 5.74) is 0.947. The summed E-state index contributed by atoms with van der Waals surface area (Å²) in [5, 5.41) is 8.66. The summed E-state index contributed by atoms with van der Waals surface area (Å²) in [7, 11) is 0. The Morgan fingerprint density at radius 1 is 1.25 bits per heavy atom. The van der Waals surface area contributed by atoms with E-state index in [0.29, 0.717) is 28.0 Å². The third-order valence-corrected chi connectivity index (χ3v) is 6.03. The maximum absolute atomic E-state index is 12.6. The van der Waals surface area contributed by atoms with Crippen molar-refractivity contribution >= 4 is 62.2 Å². The number of unbranched alkanes of at least 4 members (excludes halogenated alkanes) is 2. The van der Waals surface area contributed by atoms with Crippen LogP contribution in [0, 0.1) is 0 Å². The minimum Gasteiger partial charge on any atom is -0.481 e. The number of rotatable bonds is 8. The molecule has 5 nitrogen and oxygen atoms in total. The van der Waals surface area contributed by atoms with Gasteiger partial charge >= 0.3 is 5.97 Å². The van der Waals surface area contributed by atoms with Crippen molar-refractivity contribution in [3.05, 3.63) is 51.5 Å². The molecule has 1 saturated heterocycles. The summed E-state index contributed by atoms with van der Waals surface area (Å²) in [6.07, 6.45) is 3.93. The first-order valence-corrected chi connectivity index (χ1v) is 10.8. The van der Waals surface area contributed by atoms with Crippen molar-refractivity contribution in [1.29, 1.82) is 0 Å². The highest BCUT2D eigenvalue weighted by Crippen LogP contribution is 2.34. The number of halogens is 1. The molecule has 0 saturated carbocycles. The van der Waals surface area contributed by atoms with Crippen LogP contribution in [0.4, 0.5) is 0 Å². The number of furan rings is 1. The number of benzene rings is 1. The smallest absolute Gasteiger partial charge is 0.303 e. The Labute approximate surface area is 180 Å². The van der Waals surface area contributed by atoms with Crippen molar-refractivity contribution < 1.29 is 19.1 Å². The number of carboxylic acid groups (broad SMARTS) is 1. The Morgan fingerprint density at radius 2 is 2.07 bits per heavy atom. The summed E-state index contributed by atoms with van der Waals surface area (Å²) in [4.78, 5) is 25.3. The molecular weight excluding hydrogens is 462 g/mol. The van der Waals surface area contributed by atoms with Crippen LogP contribution in [0.5, 0.6) is 0 Å². The highest BCUT2D eigenvalue weighted by Gasteiger charge is 2.31. The molecule has 0 unspecified atom stereocenters. The molecule has 1 aliphatic heterocycles. The van der Waals surface area contributed by atoms with Gasteiger partial charge in [-0.1, -0.05) is 58.5 Å². The van der Waals surface area contributed by atoms with Crippen LogP contribution in [0.15, 0.2) is 50.2 Å². The van der Waals surface area contributed by atoms with Crippen molar-refractivity contribution in [1.82, 2.24) is 4.90 Å². The Balaban J connectivity index is 1.63. The normalized spacial score (nSPS) is 15.6. The van der Waals surface area contributed by atoms with Gasteiger partial charge in [0, 0.05) is 29.1 Å². The molecular formula is C20H18BrNO4S2. The van der Waals surface area contributed by atoms with Gasteiger partial charge in [-0.3, -0.25) is 14.5 Å². The zero-order valence-electron chi connectivity index (χ0n) is 14.9. The minimum atomic E-state index is -0.797. The average Bonchev–Trinajstić information content (AvgIpc) is 3.21. The number of nitrogens with zero attached hydrogens (tertiary/aromatic N) is 1. The average molecular weight is 480 g/mol. The van der Waals surface area contributed by atoms with E-state index in [2.05, 4.69) is 15.9 Å². The summed E-state index contributed by atoms with van der Waals surface area (Å²) in [6, 6.07) is 11.5. The van der Waals surface area contributed by atoms with Gasteiger partial charge in [0.25, 0.3) is 5.91 Å². The van der Waals surface area contributed by atoms with E-state index in [1.54, 1.807) is 11.0 Å². The molecule has 2 aromatic rings. The number of thioether (sulfide) groups is 1. The van der Waals surface area contributed by atoms with Gasteiger partial charge in [-0.05, 0) is 37.1 Å². The van der Waals surface area contributed by atoms with E-state index < -0.39 is 5.97 Å². The van der Waals surface area contributed by atoms with E-state index in [1.165, 1.54) is 11.8 Å². The Bertz CT molecular complexity index is 938. The number of aliphatic carboxylic acids is 1. The summed E-state index contributed by atoms with van der Waals surface area (Å²) in [5.74, 6) is 0.390. The van der Waals surface area contributed by atoms with E-state index in [9.17, 15) is 9.59 Å². The fraction of sp³-hybridized carbons (Fsp3) is 0.250. The Morgan fingerprint density at radius 3 is 2.82 bits per heavy atom. The predicted octanol–water partition coefficient (Wildman–Crippen LogP) is 5.56. The molecule has 1 aromatic heterocycles. The van der Waals surface area contributed by atoms with E-state index >= 15 is 0 Å². The summed E-state index contributed by atoms with van der Waals surface area (Å²) < 4.78 is 7.35. The standard InChI is InChI=1S/C20H18BrNO4S2/c21-14-6-4-5-13(11-14)16-9-8-15(26-16)12-17-19(25)22(20(27)28-17)10-3-1-2-7-18(23)24/h4-6,8-9,11-12H,1-3,7,10H2,(H,23,24)/b17-12-. The Kier molecular flexibility index (Phi) is 7.09. The molecule has 2 heterocycles. The van der Waals surface area contributed by atoms with Crippen molar-refractivity contribution in [3.8, 4) is 11.3 Å². The van der Waals surface area contributed by atoms with Crippen molar-refractivity contribution in [2.45, 2.75) is 25.7 Å². The molecule has 28 heavy (non-hydrogen) atoms. The fourth-order valence-corrected chi connectivity index (χ4v) is 4.46. The van der Waals surface area contributed by atoms with Crippen LogP contribution in [-0.2, 0) is 9.59 Å².